The molecule has 5 nitrogen and oxygen atoms in total. The summed E-state index contributed by atoms with van der Waals surface area (Å²) in [5, 5.41) is 1.14. The van der Waals surface area contributed by atoms with Gasteiger partial charge in [0, 0.05) is 29.1 Å². The van der Waals surface area contributed by atoms with Crippen LogP contribution in [0.5, 0.6) is 0 Å². The van der Waals surface area contributed by atoms with Crippen molar-refractivity contribution < 1.29 is 9.59 Å². The number of amides is 2. The summed E-state index contributed by atoms with van der Waals surface area (Å²) in [6.07, 6.45) is 1.40. The molecule has 0 bridgehead atoms. The molecule has 1 aromatic heterocycles. The topological polar surface area (TPSA) is 56.4 Å². The van der Waals surface area contributed by atoms with Gasteiger partial charge in [-0.2, -0.15) is 0 Å². The van der Waals surface area contributed by atoms with E-state index in [1.165, 1.54) is 0 Å². The van der Waals surface area contributed by atoms with Crippen molar-refractivity contribution in [3.05, 3.63) is 71.4 Å². The summed E-state index contributed by atoms with van der Waals surface area (Å²) in [6, 6.07) is 17.6. The number of nitrogens with one attached hydrogen (secondary N) is 1. The van der Waals surface area contributed by atoms with Crippen LogP contribution in [0.15, 0.2) is 54.6 Å². The van der Waals surface area contributed by atoms with Crippen molar-refractivity contribution in [2.45, 2.75) is 44.8 Å². The fraction of sp³-hybridized carbons (Fsp3) is 0.333. The largest absolute Gasteiger partial charge is 0.356 e. The number of nitrogens with zero attached hydrogens (tertiary/aromatic N) is 2. The molecule has 3 aromatic rings. The summed E-state index contributed by atoms with van der Waals surface area (Å²) in [7, 11) is 0. The van der Waals surface area contributed by atoms with E-state index in [1.54, 1.807) is 4.90 Å². The average molecular weight is 387 g/mol. The summed E-state index contributed by atoms with van der Waals surface area (Å²) < 4.78 is 0. The lowest BCUT2D eigenvalue weighted by atomic mass is 9.86. The normalized spacial score (nSPS) is 22.6. The summed E-state index contributed by atoms with van der Waals surface area (Å²) in [6.45, 7) is 4.24. The van der Waals surface area contributed by atoms with Crippen LogP contribution in [-0.2, 0) is 16.0 Å². The number of benzene rings is 2. The van der Waals surface area contributed by atoms with Crippen molar-refractivity contribution >= 4 is 22.7 Å². The van der Waals surface area contributed by atoms with Crippen LogP contribution in [0.25, 0.3) is 10.9 Å². The molecule has 1 saturated heterocycles. The minimum absolute atomic E-state index is 0.0214. The lowest BCUT2D eigenvalue weighted by Gasteiger charge is -2.48. The van der Waals surface area contributed by atoms with Crippen LogP contribution in [0.3, 0.4) is 0 Å². The number of para-hydroxylation sites is 1. The molecular weight excluding hydrogens is 362 g/mol. The van der Waals surface area contributed by atoms with Crippen LogP contribution in [0.1, 0.15) is 43.1 Å². The fourth-order valence-electron chi connectivity index (χ4n) is 4.86. The Bertz CT molecular complexity index is 1090. The van der Waals surface area contributed by atoms with Crippen LogP contribution in [0.4, 0.5) is 0 Å². The number of fused-ring (bicyclic) bond motifs is 4. The van der Waals surface area contributed by atoms with Gasteiger partial charge in [0.2, 0.25) is 11.8 Å². The fourth-order valence-corrected chi connectivity index (χ4v) is 4.86. The SMILES string of the molecule is CCC(C)N1CC(=O)N2C(c3ccccc3)c3[nH]c4ccccc4c3C[C@@H]2C1=O. The monoisotopic (exact) mass is 387 g/mol. The molecular formula is C24H25N3O2. The summed E-state index contributed by atoms with van der Waals surface area (Å²) >= 11 is 0. The van der Waals surface area contributed by atoms with Crippen molar-refractivity contribution in [2.24, 2.45) is 0 Å². The molecule has 0 saturated carbocycles. The minimum atomic E-state index is -0.456. The van der Waals surface area contributed by atoms with Gasteiger partial charge in [-0.1, -0.05) is 55.5 Å². The number of carbonyl (C=O) groups excluding carboxylic acids is 2. The molecule has 29 heavy (non-hydrogen) atoms. The highest BCUT2D eigenvalue weighted by atomic mass is 16.2. The Hall–Kier alpha value is -3.08. The first kappa shape index (κ1) is 18.0. The van der Waals surface area contributed by atoms with E-state index in [4.69, 9.17) is 0 Å². The number of piperazine rings is 1. The van der Waals surface area contributed by atoms with Gasteiger partial charge in [-0.3, -0.25) is 9.59 Å². The molecule has 1 fully saturated rings. The number of H-pyrrole nitrogens is 1. The predicted octanol–water partition coefficient (Wildman–Crippen LogP) is 3.65. The third kappa shape index (κ3) is 2.68. The van der Waals surface area contributed by atoms with Gasteiger partial charge in [0.05, 0.1) is 6.04 Å². The second-order valence-electron chi connectivity index (χ2n) is 8.12. The first-order valence-electron chi connectivity index (χ1n) is 10.4. The van der Waals surface area contributed by atoms with Gasteiger partial charge in [-0.05, 0) is 30.5 Å². The molecule has 2 aliphatic rings. The van der Waals surface area contributed by atoms with Gasteiger partial charge >= 0.3 is 0 Å². The second-order valence-corrected chi connectivity index (χ2v) is 8.12. The van der Waals surface area contributed by atoms with E-state index < -0.39 is 6.04 Å². The molecule has 3 heterocycles. The number of carbonyl (C=O) groups is 2. The smallest absolute Gasteiger partial charge is 0.246 e. The maximum Gasteiger partial charge on any atom is 0.246 e. The second kappa shape index (κ2) is 6.76. The van der Waals surface area contributed by atoms with Gasteiger partial charge in [0.15, 0.2) is 0 Å². The molecule has 2 amide bonds. The number of hydrogen-bond acceptors (Lipinski definition) is 2. The van der Waals surface area contributed by atoms with Gasteiger partial charge in [0.25, 0.3) is 0 Å². The molecule has 0 spiro atoms. The van der Waals surface area contributed by atoms with Crippen LogP contribution < -0.4 is 0 Å². The van der Waals surface area contributed by atoms with E-state index in [-0.39, 0.29) is 30.4 Å². The van der Waals surface area contributed by atoms with Gasteiger partial charge in [-0.15, -0.1) is 0 Å². The Morgan fingerprint density at radius 3 is 2.55 bits per heavy atom. The molecule has 0 aliphatic carbocycles. The summed E-state index contributed by atoms with van der Waals surface area (Å²) in [4.78, 5) is 34.0. The van der Waals surface area contributed by atoms with Crippen LogP contribution in [0, 0.1) is 0 Å². The van der Waals surface area contributed by atoms with E-state index in [1.807, 2.05) is 54.3 Å². The lowest BCUT2D eigenvalue weighted by molar-refractivity contribution is -0.160. The molecule has 2 unspecified atom stereocenters. The van der Waals surface area contributed by atoms with E-state index >= 15 is 0 Å². The Morgan fingerprint density at radius 1 is 1.07 bits per heavy atom. The predicted molar refractivity (Wildman–Crippen MR) is 112 cm³/mol. The first-order chi connectivity index (χ1) is 14.1. The molecule has 5 heteroatoms. The zero-order valence-corrected chi connectivity index (χ0v) is 16.8. The summed E-state index contributed by atoms with van der Waals surface area (Å²) in [5.74, 6) is 0.0869. The van der Waals surface area contributed by atoms with E-state index in [0.717, 1.165) is 34.1 Å². The zero-order chi connectivity index (χ0) is 20.1. The zero-order valence-electron chi connectivity index (χ0n) is 16.8. The van der Waals surface area contributed by atoms with Crippen LogP contribution in [0.2, 0.25) is 0 Å². The number of aromatic nitrogens is 1. The highest BCUT2D eigenvalue weighted by Crippen LogP contribution is 2.42. The molecule has 2 aromatic carbocycles. The Labute approximate surface area is 170 Å². The van der Waals surface area contributed by atoms with Gasteiger partial charge in [0.1, 0.15) is 12.6 Å². The number of hydrogen-bond donors (Lipinski definition) is 1. The molecule has 5 rings (SSSR count). The van der Waals surface area contributed by atoms with Crippen LogP contribution in [-0.4, -0.2) is 45.2 Å². The Kier molecular flexibility index (Phi) is 4.19. The van der Waals surface area contributed by atoms with Crippen molar-refractivity contribution in [2.75, 3.05) is 6.54 Å². The number of aromatic amines is 1. The highest BCUT2D eigenvalue weighted by Gasteiger charge is 2.48. The minimum Gasteiger partial charge on any atom is -0.356 e. The maximum atomic E-state index is 13.5. The van der Waals surface area contributed by atoms with Gasteiger partial charge in [-0.25, -0.2) is 0 Å². The standard InChI is InChI=1S/C24H25N3O2/c1-3-15(2)26-14-21(28)27-20(24(26)29)13-18-17-11-7-8-12-19(17)25-22(18)23(27)16-9-5-4-6-10-16/h4-12,15,20,23,25H,3,13-14H2,1-2H3/t15?,20-,23?/m1/s1. The van der Waals surface area contributed by atoms with Crippen molar-refractivity contribution in [1.82, 2.24) is 14.8 Å². The molecule has 148 valence electrons. The molecule has 2 aliphatic heterocycles. The quantitative estimate of drug-likeness (QED) is 0.746. The van der Waals surface area contributed by atoms with Crippen molar-refractivity contribution in [3.8, 4) is 0 Å². The maximum absolute atomic E-state index is 13.5. The van der Waals surface area contributed by atoms with E-state index in [2.05, 4.69) is 24.0 Å². The van der Waals surface area contributed by atoms with E-state index in [9.17, 15) is 9.59 Å². The molecule has 1 N–H and O–H groups in total. The van der Waals surface area contributed by atoms with Crippen molar-refractivity contribution in [1.29, 1.82) is 0 Å². The third-order valence-electron chi connectivity index (χ3n) is 6.53. The summed E-state index contributed by atoms with van der Waals surface area (Å²) in [5.41, 5.74) is 4.27. The Morgan fingerprint density at radius 2 is 1.79 bits per heavy atom. The molecule has 0 radical (unpaired) electrons. The van der Waals surface area contributed by atoms with Crippen LogP contribution >= 0.6 is 0 Å². The number of rotatable bonds is 3. The highest BCUT2D eigenvalue weighted by molar-refractivity contribution is 5.97. The lowest BCUT2D eigenvalue weighted by Crippen LogP contribution is -2.64. The third-order valence-corrected chi connectivity index (χ3v) is 6.53. The molecule has 3 atom stereocenters. The first-order valence-corrected chi connectivity index (χ1v) is 10.4. The van der Waals surface area contributed by atoms with Gasteiger partial charge < -0.3 is 14.8 Å². The Balaban J connectivity index is 1.70. The average Bonchev–Trinajstić information content (AvgIpc) is 3.13. The van der Waals surface area contributed by atoms with E-state index in [0.29, 0.717) is 6.42 Å². The van der Waals surface area contributed by atoms with Crippen molar-refractivity contribution in [3.63, 3.8) is 0 Å².